The summed E-state index contributed by atoms with van der Waals surface area (Å²) in [5, 5.41) is 22.4. The number of carbonyl (C=O) groups excluding carboxylic acids is 1. The summed E-state index contributed by atoms with van der Waals surface area (Å²) in [6.07, 6.45) is 4.70. The molecule has 36 heavy (non-hydrogen) atoms. The van der Waals surface area contributed by atoms with E-state index in [1.165, 1.54) is 12.8 Å². The Bertz CT molecular complexity index is 1250. The second kappa shape index (κ2) is 9.99. The van der Waals surface area contributed by atoms with Crippen molar-refractivity contribution >= 4 is 22.6 Å². The van der Waals surface area contributed by atoms with Crippen molar-refractivity contribution < 1.29 is 19.4 Å². The minimum absolute atomic E-state index is 0.0355. The molecule has 9 nitrogen and oxygen atoms in total. The Morgan fingerprint density at radius 3 is 2.78 bits per heavy atom. The Morgan fingerprint density at radius 2 is 1.94 bits per heavy atom. The van der Waals surface area contributed by atoms with Gasteiger partial charge in [-0.1, -0.05) is 18.9 Å². The van der Waals surface area contributed by atoms with Gasteiger partial charge < -0.3 is 24.8 Å². The van der Waals surface area contributed by atoms with Gasteiger partial charge in [0.1, 0.15) is 18.1 Å². The van der Waals surface area contributed by atoms with Gasteiger partial charge >= 0.3 is 0 Å². The lowest BCUT2D eigenvalue weighted by Crippen LogP contribution is -2.38. The summed E-state index contributed by atoms with van der Waals surface area (Å²) in [5.41, 5.74) is 3.21. The zero-order valence-electron chi connectivity index (χ0n) is 20.5. The number of benzene rings is 2. The fourth-order valence-corrected chi connectivity index (χ4v) is 5.49. The lowest BCUT2D eigenvalue weighted by atomic mass is 10.1. The monoisotopic (exact) mass is 491 g/mol. The number of aromatic nitrogens is 2. The molecule has 0 bridgehead atoms. The Balaban J connectivity index is 1.13. The van der Waals surface area contributed by atoms with Gasteiger partial charge in [0.15, 0.2) is 5.82 Å². The van der Waals surface area contributed by atoms with Gasteiger partial charge in [0.25, 0.3) is 5.91 Å². The van der Waals surface area contributed by atoms with Gasteiger partial charge in [-0.3, -0.25) is 14.8 Å². The van der Waals surface area contributed by atoms with Gasteiger partial charge in [-0.25, -0.2) is 0 Å². The predicted octanol–water partition coefficient (Wildman–Crippen LogP) is 3.49. The molecule has 3 aliphatic rings. The lowest BCUT2D eigenvalue weighted by molar-refractivity contribution is 0.0322. The van der Waals surface area contributed by atoms with Crippen LogP contribution in [0.2, 0.25) is 0 Å². The Hall–Kier alpha value is -3.30. The first-order chi connectivity index (χ1) is 17.6. The van der Waals surface area contributed by atoms with Crippen LogP contribution in [0.15, 0.2) is 30.3 Å². The molecule has 1 aliphatic carbocycles. The summed E-state index contributed by atoms with van der Waals surface area (Å²) in [4.78, 5) is 17.6. The molecule has 9 heteroatoms. The van der Waals surface area contributed by atoms with E-state index in [9.17, 15) is 9.90 Å². The number of hydrogen-bond acceptors (Lipinski definition) is 7. The maximum Gasteiger partial charge on any atom is 0.258 e. The number of aromatic hydroxyl groups is 1. The van der Waals surface area contributed by atoms with Gasteiger partial charge in [-0.15, -0.1) is 0 Å². The Morgan fingerprint density at radius 1 is 1.14 bits per heavy atom. The van der Waals surface area contributed by atoms with Gasteiger partial charge in [0, 0.05) is 50.2 Å². The fourth-order valence-electron chi connectivity index (χ4n) is 5.49. The Kier molecular flexibility index (Phi) is 6.41. The minimum atomic E-state index is -0.187. The lowest BCUT2D eigenvalue weighted by Gasteiger charge is -2.26. The molecule has 1 amide bonds. The first-order valence-electron chi connectivity index (χ1n) is 13.0. The van der Waals surface area contributed by atoms with Crippen molar-refractivity contribution in [3.63, 3.8) is 0 Å². The van der Waals surface area contributed by atoms with Crippen LogP contribution in [0.4, 0.5) is 5.82 Å². The molecule has 0 atom stereocenters. The first-order valence-corrected chi connectivity index (χ1v) is 13.0. The van der Waals surface area contributed by atoms with Gasteiger partial charge in [-0.2, -0.15) is 5.10 Å². The van der Waals surface area contributed by atoms with Crippen LogP contribution in [0.1, 0.15) is 47.2 Å². The van der Waals surface area contributed by atoms with Gasteiger partial charge in [0.2, 0.25) is 0 Å². The maximum atomic E-state index is 13.5. The third-order valence-corrected chi connectivity index (χ3v) is 7.57. The number of morpholine rings is 1. The second-order valence-corrected chi connectivity index (χ2v) is 10.0. The average Bonchev–Trinajstić information content (AvgIpc) is 3.64. The van der Waals surface area contributed by atoms with E-state index < -0.39 is 0 Å². The predicted molar refractivity (Wildman–Crippen MR) is 136 cm³/mol. The van der Waals surface area contributed by atoms with Crippen LogP contribution in [0.25, 0.3) is 10.9 Å². The number of phenolic OH excluding ortho intramolecular Hbond substituents is 1. The SMILES string of the molecule is O=C(c1cc2c(NC3CCCC3)n[nH]c2cc1O)N1Cc2ccc(OCCN3CCOCC3)cc2C1. The molecule has 1 aromatic heterocycles. The molecule has 3 aromatic rings. The van der Waals surface area contributed by atoms with E-state index in [0.717, 1.165) is 73.8 Å². The quantitative estimate of drug-likeness (QED) is 0.465. The summed E-state index contributed by atoms with van der Waals surface area (Å²) in [5.74, 6) is 1.34. The summed E-state index contributed by atoms with van der Waals surface area (Å²) in [7, 11) is 0. The molecule has 2 fully saturated rings. The van der Waals surface area contributed by atoms with E-state index in [2.05, 4.69) is 20.4 Å². The van der Waals surface area contributed by atoms with E-state index >= 15 is 0 Å². The topological polar surface area (TPSA) is 103 Å². The number of phenols is 1. The fraction of sp³-hybridized carbons (Fsp3) is 0.481. The molecule has 3 heterocycles. The molecular formula is C27H33N5O4. The summed E-state index contributed by atoms with van der Waals surface area (Å²) in [6, 6.07) is 9.81. The minimum Gasteiger partial charge on any atom is -0.507 e. The summed E-state index contributed by atoms with van der Waals surface area (Å²) < 4.78 is 11.4. The van der Waals surface area contributed by atoms with Gasteiger partial charge in [0.05, 0.1) is 24.3 Å². The number of amides is 1. The molecule has 190 valence electrons. The summed E-state index contributed by atoms with van der Waals surface area (Å²) >= 11 is 0. The van der Waals surface area contributed by atoms with Crippen molar-refractivity contribution in [2.75, 3.05) is 44.8 Å². The van der Waals surface area contributed by atoms with Crippen LogP contribution >= 0.6 is 0 Å². The van der Waals surface area contributed by atoms with Crippen LogP contribution in [0, 0.1) is 0 Å². The number of anilines is 1. The third kappa shape index (κ3) is 4.73. The number of fused-ring (bicyclic) bond motifs is 2. The molecule has 2 aliphatic heterocycles. The van der Waals surface area contributed by atoms with Crippen LogP contribution in [0.3, 0.4) is 0 Å². The van der Waals surface area contributed by atoms with Crippen molar-refractivity contribution in [2.24, 2.45) is 0 Å². The van der Waals surface area contributed by atoms with E-state index in [-0.39, 0.29) is 11.7 Å². The van der Waals surface area contributed by atoms with Crippen LogP contribution in [-0.2, 0) is 17.8 Å². The van der Waals surface area contributed by atoms with E-state index in [4.69, 9.17) is 9.47 Å². The molecule has 0 spiro atoms. The van der Waals surface area contributed by atoms with E-state index in [1.807, 2.05) is 18.2 Å². The number of carbonyl (C=O) groups is 1. The summed E-state index contributed by atoms with van der Waals surface area (Å²) in [6.45, 7) is 5.95. The molecule has 3 N–H and O–H groups in total. The maximum absolute atomic E-state index is 13.5. The molecule has 6 rings (SSSR count). The van der Waals surface area contributed by atoms with Crippen molar-refractivity contribution in [2.45, 2.75) is 44.8 Å². The highest BCUT2D eigenvalue weighted by Crippen LogP contribution is 2.33. The van der Waals surface area contributed by atoms with Crippen molar-refractivity contribution in [1.29, 1.82) is 0 Å². The number of aromatic amines is 1. The normalized spacial score (nSPS) is 18.6. The molecule has 1 saturated carbocycles. The number of hydrogen-bond donors (Lipinski definition) is 3. The van der Waals surface area contributed by atoms with Crippen LogP contribution < -0.4 is 10.1 Å². The second-order valence-electron chi connectivity index (χ2n) is 10.0. The smallest absolute Gasteiger partial charge is 0.258 e. The number of ether oxygens (including phenoxy) is 2. The number of nitrogens with one attached hydrogen (secondary N) is 2. The van der Waals surface area contributed by atoms with Crippen LogP contribution in [0.5, 0.6) is 11.5 Å². The molecule has 0 unspecified atom stereocenters. The zero-order valence-corrected chi connectivity index (χ0v) is 20.5. The molecular weight excluding hydrogens is 458 g/mol. The molecule has 1 saturated heterocycles. The van der Waals surface area contributed by atoms with E-state index in [0.29, 0.717) is 36.8 Å². The highest BCUT2D eigenvalue weighted by Gasteiger charge is 2.27. The standard InChI is InChI=1S/C27H33N5O4/c33-25-15-24-22(26(30-29-24)28-20-3-1-2-4-20)14-23(25)27(34)32-16-18-5-6-21(13-19(18)17-32)36-12-9-31-7-10-35-11-8-31/h5-6,13-15,20,33H,1-4,7-12,16-17H2,(H2,28,29,30). The number of nitrogens with zero attached hydrogens (tertiary/aromatic N) is 3. The largest absolute Gasteiger partial charge is 0.507 e. The molecule has 2 aromatic carbocycles. The molecule has 0 radical (unpaired) electrons. The van der Waals surface area contributed by atoms with Crippen molar-refractivity contribution in [3.05, 3.63) is 47.0 Å². The highest BCUT2D eigenvalue weighted by atomic mass is 16.5. The third-order valence-electron chi connectivity index (χ3n) is 7.57. The highest BCUT2D eigenvalue weighted by molar-refractivity contribution is 6.03. The van der Waals surface area contributed by atoms with Crippen LogP contribution in [-0.4, -0.2) is 76.5 Å². The Labute approximate surface area is 210 Å². The average molecular weight is 492 g/mol. The van der Waals surface area contributed by atoms with Gasteiger partial charge in [-0.05, 0) is 42.2 Å². The van der Waals surface area contributed by atoms with Crippen molar-refractivity contribution in [3.8, 4) is 11.5 Å². The number of rotatable bonds is 7. The van der Waals surface area contributed by atoms with E-state index in [1.54, 1.807) is 17.0 Å². The van der Waals surface area contributed by atoms with Crippen molar-refractivity contribution in [1.82, 2.24) is 20.0 Å². The first kappa shape index (κ1) is 23.1. The zero-order chi connectivity index (χ0) is 24.5. The number of H-pyrrole nitrogens is 1.